The predicted octanol–water partition coefficient (Wildman–Crippen LogP) is 5.66. The molecule has 4 aliphatic carbocycles. The van der Waals surface area contributed by atoms with Crippen LogP contribution in [-0.2, 0) is 19.2 Å². The number of thioether (sulfide) groups is 1. The molecular formula is C21H25ClFN3S. The van der Waals surface area contributed by atoms with Crippen LogP contribution < -0.4 is 0 Å². The van der Waals surface area contributed by atoms with Crippen LogP contribution in [0.4, 0.5) is 4.39 Å². The van der Waals surface area contributed by atoms with Gasteiger partial charge in [0, 0.05) is 29.8 Å². The molecule has 6 heteroatoms. The van der Waals surface area contributed by atoms with Gasteiger partial charge in [-0.15, -0.1) is 10.2 Å². The predicted molar refractivity (Wildman–Crippen MR) is 106 cm³/mol. The molecule has 0 amide bonds. The fraction of sp³-hybridized carbons (Fsp3) is 0.619. The second kappa shape index (κ2) is 6.77. The molecule has 6 rings (SSSR count). The van der Waals surface area contributed by atoms with Crippen molar-refractivity contribution >= 4 is 23.4 Å². The highest BCUT2D eigenvalue weighted by Crippen LogP contribution is 2.60. The van der Waals surface area contributed by atoms with Crippen LogP contribution in [0.1, 0.15) is 49.9 Å². The van der Waals surface area contributed by atoms with E-state index in [9.17, 15) is 4.39 Å². The molecule has 0 aliphatic heterocycles. The van der Waals surface area contributed by atoms with Gasteiger partial charge in [0.05, 0.1) is 0 Å². The smallest absolute Gasteiger partial charge is 0.191 e. The third-order valence-electron chi connectivity index (χ3n) is 7.03. The standard InChI is InChI=1S/C21H25ClFN3S/c1-26-19(11-21-8-13-5-14(9-21)7-15(6-13)10-21)24-25-20(26)27-12-16-17(22)3-2-4-18(16)23/h2-4,13-15H,5-12H2,1H3. The quantitative estimate of drug-likeness (QED) is 0.601. The molecule has 3 nitrogen and oxygen atoms in total. The SMILES string of the molecule is Cn1c(CC23CC4CC(CC(C4)C2)C3)nnc1SCc1c(F)cccc1Cl. The highest BCUT2D eigenvalue weighted by atomic mass is 35.5. The first-order chi connectivity index (χ1) is 13.0. The van der Waals surface area contributed by atoms with Gasteiger partial charge in [-0.3, -0.25) is 0 Å². The second-order valence-corrected chi connectivity index (χ2v) is 10.4. The Morgan fingerprint density at radius 2 is 1.81 bits per heavy atom. The Labute approximate surface area is 169 Å². The molecular weight excluding hydrogens is 381 g/mol. The van der Waals surface area contributed by atoms with E-state index in [1.807, 2.05) is 7.05 Å². The van der Waals surface area contributed by atoms with Crippen molar-refractivity contribution in [2.24, 2.45) is 30.2 Å². The molecule has 4 saturated carbocycles. The van der Waals surface area contributed by atoms with Crippen molar-refractivity contribution in [1.29, 1.82) is 0 Å². The van der Waals surface area contributed by atoms with Gasteiger partial charge in [-0.25, -0.2) is 4.39 Å². The number of rotatable bonds is 5. The van der Waals surface area contributed by atoms with E-state index >= 15 is 0 Å². The Bertz CT molecular complexity index is 810. The Morgan fingerprint density at radius 1 is 1.15 bits per heavy atom. The fourth-order valence-electron chi connectivity index (χ4n) is 6.27. The molecule has 0 atom stereocenters. The lowest BCUT2D eigenvalue weighted by Crippen LogP contribution is -2.47. The van der Waals surface area contributed by atoms with E-state index in [2.05, 4.69) is 14.8 Å². The average Bonchev–Trinajstić information content (AvgIpc) is 2.93. The Hall–Kier alpha value is -1.07. The van der Waals surface area contributed by atoms with Crippen LogP contribution in [0.3, 0.4) is 0 Å². The lowest BCUT2D eigenvalue weighted by Gasteiger charge is -2.56. The van der Waals surface area contributed by atoms with Gasteiger partial charge in [-0.2, -0.15) is 0 Å². The molecule has 2 aromatic rings. The summed E-state index contributed by atoms with van der Waals surface area (Å²) in [6.07, 6.45) is 9.55. The molecule has 0 radical (unpaired) electrons. The molecule has 4 bridgehead atoms. The highest BCUT2D eigenvalue weighted by Gasteiger charge is 2.51. The van der Waals surface area contributed by atoms with E-state index in [1.54, 1.807) is 12.1 Å². The monoisotopic (exact) mass is 405 g/mol. The molecule has 1 aromatic carbocycles. The van der Waals surface area contributed by atoms with Crippen LogP contribution >= 0.6 is 23.4 Å². The van der Waals surface area contributed by atoms with Gasteiger partial charge in [0.25, 0.3) is 0 Å². The number of hydrogen-bond acceptors (Lipinski definition) is 3. The van der Waals surface area contributed by atoms with Crippen LogP contribution in [-0.4, -0.2) is 14.8 Å². The van der Waals surface area contributed by atoms with Crippen LogP contribution in [0, 0.1) is 29.0 Å². The van der Waals surface area contributed by atoms with Crippen LogP contribution in [0.25, 0.3) is 0 Å². The van der Waals surface area contributed by atoms with E-state index in [0.717, 1.165) is 35.2 Å². The van der Waals surface area contributed by atoms with E-state index in [1.165, 1.54) is 56.4 Å². The van der Waals surface area contributed by atoms with Crippen molar-refractivity contribution in [3.05, 3.63) is 40.4 Å². The number of nitrogens with zero attached hydrogens (tertiary/aromatic N) is 3. The van der Waals surface area contributed by atoms with Crippen molar-refractivity contribution < 1.29 is 4.39 Å². The maximum absolute atomic E-state index is 14.0. The number of benzene rings is 1. The lowest BCUT2D eigenvalue weighted by molar-refractivity contribution is -0.0535. The van der Waals surface area contributed by atoms with E-state index in [-0.39, 0.29) is 5.82 Å². The van der Waals surface area contributed by atoms with Gasteiger partial charge in [0.15, 0.2) is 5.16 Å². The second-order valence-electron chi connectivity index (χ2n) is 9.04. The Morgan fingerprint density at radius 3 is 2.44 bits per heavy atom. The van der Waals surface area contributed by atoms with Crippen LogP contribution in [0.15, 0.2) is 23.4 Å². The van der Waals surface area contributed by atoms with Crippen molar-refractivity contribution in [2.45, 2.75) is 55.9 Å². The molecule has 0 N–H and O–H groups in total. The molecule has 0 spiro atoms. The number of hydrogen-bond donors (Lipinski definition) is 0. The minimum atomic E-state index is -0.258. The fourth-order valence-corrected chi connectivity index (χ4v) is 7.55. The largest absolute Gasteiger partial charge is 0.309 e. The van der Waals surface area contributed by atoms with Gasteiger partial charge >= 0.3 is 0 Å². The third-order valence-corrected chi connectivity index (χ3v) is 8.43. The normalized spacial score (nSPS) is 31.6. The number of halogens is 2. The first-order valence-corrected chi connectivity index (χ1v) is 11.3. The maximum atomic E-state index is 14.0. The highest BCUT2D eigenvalue weighted by molar-refractivity contribution is 7.98. The summed E-state index contributed by atoms with van der Waals surface area (Å²) in [5.41, 5.74) is 0.988. The number of aromatic nitrogens is 3. The minimum absolute atomic E-state index is 0.258. The van der Waals surface area contributed by atoms with Gasteiger partial charge in [-0.1, -0.05) is 29.4 Å². The summed E-state index contributed by atoms with van der Waals surface area (Å²) < 4.78 is 16.1. The zero-order valence-electron chi connectivity index (χ0n) is 15.6. The van der Waals surface area contributed by atoms with Crippen molar-refractivity contribution in [2.75, 3.05) is 0 Å². The van der Waals surface area contributed by atoms with E-state index in [0.29, 0.717) is 21.8 Å². The Balaban J connectivity index is 1.31. The molecule has 27 heavy (non-hydrogen) atoms. The molecule has 1 heterocycles. The van der Waals surface area contributed by atoms with Crippen molar-refractivity contribution in [3.8, 4) is 0 Å². The average molecular weight is 406 g/mol. The van der Waals surface area contributed by atoms with Gasteiger partial charge in [0.1, 0.15) is 11.6 Å². The van der Waals surface area contributed by atoms with Gasteiger partial charge in [-0.05, 0) is 73.8 Å². The molecule has 144 valence electrons. The minimum Gasteiger partial charge on any atom is -0.309 e. The zero-order chi connectivity index (χ0) is 18.6. The van der Waals surface area contributed by atoms with Gasteiger partial charge < -0.3 is 4.57 Å². The summed E-state index contributed by atoms with van der Waals surface area (Å²) >= 11 is 7.65. The summed E-state index contributed by atoms with van der Waals surface area (Å²) in [5.74, 6) is 4.13. The molecule has 1 aromatic heterocycles. The summed E-state index contributed by atoms with van der Waals surface area (Å²) in [6.45, 7) is 0. The first kappa shape index (κ1) is 18.0. The summed E-state index contributed by atoms with van der Waals surface area (Å²) in [5, 5.41) is 10.2. The third kappa shape index (κ3) is 3.31. The van der Waals surface area contributed by atoms with E-state index in [4.69, 9.17) is 11.6 Å². The van der Waals surface area contributed by atoms with Crippen LogP contribution in [0.2, 0.25) is 5.02 Å². The van der Waals surface area contributed by atoms with Crippen molar-refractivity contribution in [1.82, 2.24) is 14.8 Å². The Kier molecular flexibility index (Phi) is 4.51. The maximum Gasteiger partial charge on any atom is 0.191 e. The van der Waals surface area contributed by atoms with Crippen molar-refractivity contribution in [3.63, 3.8) is 0 Å². The summed E-state index contributed by atoms with van der Waals surface area (Å²) in [4.78, 5) is 0. The van der Waals surface area contributed by atoms with Crippen LogP contribution in [0.5, 0.6) is 0 Å². The molecule has 4 fully saturated rings. The summed E-state index contributed by atoms with van der Waals surface area (Å²) in [7, 11) is 2.04. The molecule has 4 aliphatic rings. The summed E-state index contributed by atoms with van der Waals surface area (Å²) in [6, 6.07) is 4.82. The first-order valence-electron chi connectivity index (χ1n) is 9.95. The molecule has 0 unspecified atom stereocenters. The lowest BCUT2D eigenvalue weighted by atomic mass is 9.49. The van der Waals surface area contributed by atoms with Gasteiger partial charge in [0.2, 0.25) is 0 Å². The zero-order valence-corrected chi connectivity index (χ0v) is 17.2. The topological polar surface area (TPSA) is 30.7 Å². The molecule has 0 saturated heterocycles. The van der Waals surface area contributed by atoms with E-state index < -0.39 is 0 Å².